The number of carbonyl (C=O) groups is 2. The number of hydrogen-bond donors (Lipinski definition) is 2. The van der Waals surface area contributed by atoms with Crippen LogP contribution in [-0.4, -0.2) is 24.0 Å². The number of esters is 1. The molecule has 0 spiro atoms. The van der Waals surface area contributed by atoms with Gasteiger partial charge in [-0.25, -0.2) is 4.79 Å². The van der Waals surface area contributed by atoms with Gasteiger partial charge in [0.25, 0.3) is 0 Å². The zero-order valence-electron chi connectivity index (χ0n) is 14.8. The Morgan fingerprint density at radius 3 is 2.42 bits per heavy atom. The monoisotopic (exact) mass is 348 g/mol. The van der Waals surface area contributed by atoms with E-state index in [4.69, 9.17) is 4.74 Å². The number of aromatic nitrogens is 1. The molecule has 0 unspecified atom stereocenters. The van der Waals surface area contributed by atoms with Crippen LogP contribution in [0, 0.1) is 6.92 Å². The maximum atomic E-state index is 13.1. The number of para-hydroxylation sites is 1. The first-order valence-electron chi connectivity index (χ1n) is 8.63. The molecule has 4 rings (SSSR count). The predicted molar refractivity (Wildman–Crippen MR) is 100 cm³/mol. The summed E-state index contributed by atoms with van der Waals surface area (Å²) >= 11 is 0. The molecule has 5 heteroatoms. The molecule has 5 nitrogen and oxygen atoms in total. The lowest BCUT2D eigenvalue weighted by atomic mass is 9.94. The van der Waals surface area contributed by atoms with Gasteiger partial charge in [0.15, 0.2) is 0 Å². The highest BCUT2D eigenvalue weighted by atomic mass is 16.5. The number of aromatic amines is 1. The molecule has 1 aliphatic rings. The number of ether oxygens (including phenoxy) is 1. The standard InChI is InChI=1S/C21H20N2O3/c1-13-7-9-14(10-8-13)21(11-12-21)20(25)23-17-15-5-3-4-6-16(15)22-18(17)19(24)26-2/h3-10,22H,11-12H2,1-2H3,(H,23,25). The van der Waals surface area contributed by atoms with Crippen molar-refractivity contribution in [1.82, 2.24) is 4.98 Å². The van der Waals surface area contributed by atoms with Crippen LogP contribution in [0.3, 0.4) is 0 Å². The molecule has 2 aromatic carbocycles. The third-order valence-electron chi connectivity index (χ3n) is 5.12. The fourth-order valence-electron chi connectivity index (χ4n) is 3.40. The van der Waals surface area contributed by atoms with E-state index in [1.165, 1.54) is 7.11 Å². The maximum absolute atomic E-state index is 13.1. The van der Waals surface area contributed by atoms with Gasteiger partial charge in [0.2, 0.25) is 5.91 Å². The van der Waals surface area contributed by atoms with Gasteiger partial charge in [-0.2, -0.15) is 0 Å². The minimum Gasteiger partial charge on any atom is -0.464 e. The van der Waals surface area contributed by atoms with Gasteiger partial charge in [-0.1, -0.05) is 48.0 Å². The number of nitrogens with one attached hydrogen (secondary N) is 2. The third kappa shape index (κ3) is 2.56. The highest BCUT2D eigenvalue weighted by molar-refractivity contribution is 6.13. The van der Waals surface area contributed by atoms with E-state index in [9.17, 15) is 9.59 Å². The summed E-state index contributed by atoms with van der Waals surface area (Å²) in [7, 11) is 1.33. The molecule has 2 N–H and O–H groups in total. The fraction of sp³-hybridized carbons (Fsp3) is 0.238. The predicted octanol–water partition coefficient (Wildman–Crippen LogP) is 3.93. The molecule has 0 radical (unpaired) electrons. The number of benzene rings is 2. The number of carbonyl (C=O) groups excluding carboxylic acids is 2. The average Bonchev–Trinajstić information content (AvgIpc) is 3.39. The van der Waals surface area contributed by atoms with Crippen molar-refractivity contribution < 1.29 is 14.3 Å². The lowest BCUT2D eigenvalue weighted by Crippen LogP contribution is -2.28. The van der Waals surface area contributed by atoms with Gasteiger partial charge < -0.3 is 15.0 Å². The summed E-state index contributed by atoms with van der Waals surface area (Å²) < 4.78 is 4.87. The van der Waals surface area contributed by atoms with E-state index in [-0.39, 0.29) is 11.6 Å². The Balaban J connectivity index is 1.72. The van der Waals surface area contributed by atoms with E-state index >= 15 is 0 Å². The topological polar surface area (TPSA) is 71.2 Å². The quantitative estimate of drug-likeness (QED) is 0.702. The van der Waals surface area contributed by atoms with Crippen molar-refractivity contribution in [2.75, 3.05) is 12.4 Å². The Hall–Kier alpha value is -3.08. The van der Waals surface area contributed by atoms with Crippen LogP contribution in [0.25, 0.3) is 10.9 Å². The molecule has 132 valence electrons. The minimum absolute atomic E-state index is 0.0868. The van der Waals surface area contributed by atoms with Gasteiger partial charge in [0.1, 0.15) is 5.69 Å². The molecule has 1 saturated carbocycles. The van der Waals surface area contributed by atoms with E-state index in [1.54, 1.807) is 0 Å². The van der Waals surface area contributed by atoms with Crippen LogP contribution in [0.5, 0.6) is 0 Å². The minimum atomic E-state index is -0.514. The van der Waals surface area contributed by atoms with Crippen LogP contribution in [0.15, 0.2) is 48.5 Å². The number of anilines is 1. The Labute approximate surface area is 151 Å². The zero-order chi connectivity index (χ0) is 18.3. The maximum Gasteiger partial charge on any atom is 0.356 e. The second-order valence-corrected chi connectivity index (χ2v) is 6.81. The highest BCUT2D eigenvalue weighted by Crippen LogP contribution is 2.49. The number of rotatable bonds is 4. The Morgan fingerprint density at radius 1 is 1.08 bits per heavy atom. The largest absolute Gasteiger partial charge is 0.464 e. The first-order valence-corrected chi connectivity index (χ1v) is 8.63. The van der Waals surface area contributed by atoms with Crippen molar-refractivity contribution in [3.8, 4) is 0 Å². The molecule has 26 heavy (non-hydrogen) atoms. The van der Waals surface area contributed by atoms with E-state index in [0.29, 0.717) is 5.69 Å². The zero-order valence-corrected chi connectivity index (χ0v) is 14.8. The average molecular weight is 348 g/mol. The number of amides is 1. The first-order chi connectivity index (χ1) is 12.5. The van der Waals surface area contributed by atoms with Gasteiger partial charge in [0, 0.05) is 10.9 Å². The van der Waals surface area contributed by atoms with Crippen LogP contribution in [-0.2, 0) is 14.9 Å². The molecular formula is C21H20N2O3. The number of methoxy groups -OCH3 is 1. The number of fused-ring (bicyclic) bond motifs is 1. The van der Waals surface area contributed by atoms with E-state index in [0.717, 1.165) is 34.9 Å². The van der Waals surface area contributed by atoms with Crippen LogP contribution in [0.2, 0.25) is 0 Å². The fourth-order valence-corrected chi connectivity index (χ4v) is 3.40. The second-order valence-electron chi connectivity index (χ2n) is 6.81. The first kappa shape index (κ1) is 16.4. The summed E-state index contributed by atoms with van der Waals surface area (Å²) in [5, 5.41) is 3.79. The smallest absolute Gasteiger partial charge is 0.356 e. The van der Waals surface area contributed by atoms with Gasteiger partial charge in [0.05, 0.1) is 18.2 Å². The van der Waals surface area contributed by atoms with Crippen LogP contribution < -0.4 is 5.32 Å². The number of H-pyrrole nitrogens is 1. The Kier molecular flexibility index (Phi) is 3.80. The molecule has 0 bridgehead atoms. The summed E-state index contributed by atoms with van der Waals surface area (Å²) in [6, 6.07) is 15.6. The molecular weight excluding hydrogens is 328 g/mol. The lowest BCUT2D eigenvalue weighted by molar-refractivity contribution is -0.118. The third-order valence-corrected chi connectivity index (χ3v) is 5.12. The normalized spacial score (nSPS) is 14.8. The molecule has 0 atom stereocenters. The molecule has 0 aliphatic heterocycles. The molecule has 1 heterocycles. The van der Waals surface area contributed by atoms with Gasteiger partial charge in [-0.15, -0.1) is 0 Å². The summed E-state index contributed by atoms with van der Waals surface area (Å²) in [5.74, 6) is -0.590. The SMILES string of the molecule is COC(=O)c1[nH]c2ccccc2c1NC(=O)C1(c2ccc(C)cc2)CC1. The van der Waals surface area contributed by atoms with Crippen LogP contribution in [0.4, 0.5) is 5.69 Å². The summed E-state index contributed by atoms with van der Waals surface area (Å²) in [6.07, 6.45) is 1.61. The van der Waals surface area contributed by atoms with E-state index in [1.807, 2.05) is 55.5 Å². The molecule has 3 aromatic rings. The highest BCUT2D eigenvalue weighted by Gasteiger charge is 2.51. The molecule has 1 aliphatic carbocycles. The van der Waals surface area contributed by atoms with Crippen LogP contribution in [0.1, 0.15) is 34.5 Å². The van der Waals surface area contributed by atoms with E-state index < -0.39 is 11.4 Å². The van der Waals surface area contributed by atoms with Crippen LogP contribution >= 0.6 is 0 Å². The summed E-state index contributed by atoms with van der Waals surface area (Å²) in [5.41, 5.74) is 3.19. The van der Waals surface area contributed by atoms with Gasteiger partial charge in [-0.05, 0) is 31.4 Å². The second kappa shape index (κ2) is 6.02. The summed E-state index contributed by atoms with van der Waals surface area (Å²) in [6.45, 7) is 2.03. The van der Waals surface area contributed by atoms with Gasteiger partial charge in [-0.3, -0.25) is 4.79 Å². The van der Waals surface area contributed by atoms with E-state index in [2.05, 4.69) is 10.3 Å². The molecule has 1 aromatic heterocycles. The van der Waals surface area contributed by atoms with Crippen molar-refractivity contribution in [2.45, 2.75) is 25.2 Å². The van der Waals surface area contributed by atoms with Crippen molar-refractivity contribution >= 4 is 28.5 Å². The van der Waals surface area contributed by atoms with Gasteiger partial charge >= 0.3 is 5.97 Å². The molecule has 1 fully saturated rings. The molecule has 0 saturated heterocycles. The van der Waals surface area contributed by atoms with Crippen molar-refractivity contribution in [2.24, 2.45) is 0 Å². The lowest BCUT2D eigenvalue weighted by Gasteiger charge is -2.16. The number of hydrogen-bond acceptors (Lipinski definition) is 3. The van der Waals surface area contributed by atoms with Crippen molar-refractivity contribution in [3.05, 3.63) is 65.4 Å². The van der Waals surface area contributed by atoms with Crippen molar-refractivity contribution in [3.63, 3.8) is 0 Å². The molecule has 1 amide bonds. The van der Waals surface area contributed by atoms with Crippen molar-refractivity contribution in [1.29, 1.82) is 0 Å². The number of aryl methyl sites for hydroxylation is 1. The summed E-state index contributed by atoms with van der Waals surface area (Å²) in [4.78, 5) is 28.3. The Bertz CT molecular complexity index is 998. The Morgan fingerprint density at radius 2 is 1.77 bits per heavy atom.